The van der Waals surface area contributed by atoms with E-state index in [1.807, 2.05) is 13.0 Å². The molecule has 1 aliphatic heterocycles. The second-order valence-electron chi connectivity index (χ2n) is 7.84. The van der Waals surface area contributed by atoms with Gasteiger partial charge < -0.3 is 0 Å². The van der Waals surface area contributed by atoms with Crippen molar-refractivity contribution in [2.45, 2.75) is 65.1 Å². The van der Waals surface area contributed by atoms with Crippen LogP contribution in [0.3, 0.4) is 0 Å². The number of rotatable bonds is 4. The summed E-state index contributed by atoms with van der Waals surface area (Å²) in [4.78, 5) is 23.4. The van der Waals surface area contributed by atoms with E-state index in [1.165, 1.54) is 0 Å². The summed E-state index contributed by atoms with van der Waals surface area (Å²) in [6, 6.07) is 3.79. The van der Waals surface area contributed by atoms with Gasteiger partial charge in [0.25, 0.3) is 5.56 Å². The van der Waals surface area contributed by atoms with E-state index in [0.29, 0.717) is 12.6 Å². The Hall–Kier alpha value is -2.08. The fourth-order valence-electron chi connectivity index (χ4n) is 3.27. The molecule has 1 atom stereocenters. The molecule has 1 unspecified atom stereocenters. The first-order valence-electron chi connectivity index (χ1n) is 8.94. The van der Waals surface area contributed by atoms with Gasteiger partial charge in [-0.3, -0.25) is 19.7 Å². The van der Waals surface area contributed by atoms with Crippen LogP contribution in [0.15, 0.2) is 29.3 Å². The number of hydrogen-bond acceptors (Lipinski definition) is 5. The Morgan fingerprint density at radius 3 is 2.68 bits per heavy atom. The molecule has 0 aliphatic carbocycles. The molecule has 0 spiro atoms. The molecule has 2 aromatic rings. The largest absolute Gasteiger partial charge is 0.293 e. The molecule has 1 fully saturated rings. The van der Waals surface area contributed by atoms with E-state index in [0.717, 1.165) is 43.0 Å². The van der Waals surface area contributed by atoms with Crippen LogP contribution in [0.2, 0.25) is 0 Å². The molecule has 1 saturated heterocycles. The molecule has 0 amide bonds. The van der Waals surface area contributed by atoms with Crippen LogP contribution in [0.5, 0.6) is 0 Å². The van der Waals surface area contributed by atoms with E-state index < -0.39 is 0 Å². The molecule has 134 valence electrons. The predicted molar refractivity (Wildman–Crippen MR) is 97.4 cm³/mol. The van der Waals surface area contributed by atoms with Crippen LogP contribution in [0.1, 0.15) is 50.7 Å². The van der Waals surface area contributed by atoms with Crippen LogP contribution in [-0.4, -0.2) is 37.2 Å². The molecule has 0 saturated carbocycles. The minimum Gasteiger partial charge on any atom is -0.293 e. The van der Waals surface area contributed by atoms with Gasteiger partial charge in [-0.2, -0.15) is 5.10 Å². The van der Waals surface area contributed by atoms with Gasteiger partial charge in [0.2, 0.25) is 0 Å². The molecule has 0 aromatic carbocycles. The molecule has 25 heavy (non-hydrogen) atoms. The van der Waals surface area contributed by atoms with Crippen LogP contribution >= 0.6 is 0 Å². The van der Waals surface area contributed by atoms with Crippen molar-refractivity contribution in [3.8, 4) is 0 Å². The van der Waals surface area contributed by atoms with Gasteiger partial charge in [0, 0.05) is 36.5 Å². The predicted octanol–water partition coefficient (Wildman–Crippen LogP) is 2.30. The van der Waals surface area contributed by atoms with E-state index in [9.17, 15) is 4.79 Å². The number of likely N-dealkylation sites (tertiary alicyclic amines) is 1. The third-order valence-corrected chi connectivity index (χ3v) is 4.85. The Morgan fingerprint density at radius 1 is 1.20 bits per heavy atom. The lowest BCUT2D eigenvalue weighted by molar-refractivity contribution is 0.212. The maximum absolute atomic E-state index is 12.3. The summed E-state index contributed by atoms with van der Waals surface area (Å²) in [5.41, 5.74) is 2.83. The summed E-state index contributed by atoms with van der Waals surface area (Å²) in [7, 11) is 0. The van der Waals surface area contributed by atoms with Crippen LogP contribution < -0.4 is 5.56 Å². The van der Waals surface area contributed by atoms with E-state index in [1.54, 1.807) is 23.1 Å². The molecule has 3 rings (SSSR count). The second kappa shape index (κ2) is 7.04. The average Bonchev–Trinajstić information content (AvgIpc) is 2.97. The van der Waals surface area contributed by atoms with Crippen molar-refractivity contribution in [2.75, 3.05) is 6.54 Å². The molecule has 1 aliphatic rings. The van der Waals surface area contributed by atoms with Crippen molar-refractivity contribution >= 4 is 0 Å². The average molecular weight is 341 g/mol. The van der Waals surface area contributed by atoms with Crippen molar-refractivity contribution in [2.24, 2.45) is 0 Å². The minimum atomic E-state index is -0.0679. The van der Waals surface area contributed by atoms with Crippen molar-refractivity contribution in [1.29, 1.82) is 0 Å². The van der Waals surface area contributed by atoms with Crippen LogP contribution in [-0.2, 0) is 18.5 Å². The molecule has 0 bridgehead atoms. The van der Waals surface area contributed by atoms with E-state index in [4.69, 9.17) is 0 Å². The summed E-state index contributed by atoms with van der Waals surface area (Å²) in [6.45, 7) is 10.8. The molecule has 6 nitrogen and oxygen atoms in total. The zero-order valence-corrected chi connectivity index (χ0v) is 15.6. The smallest absolute Gasteiger partial charge is 0.266 e. The first-order valence-corrected chi connectivity index (χ1v) is 8.94. The summed E-state index contributed by atoms with van der Waals surface area (Å²) in [6.07, 6.45) is 5.68. The zero-order valence-electron chi connectivity index (χ0n) is 15.6. The lowest BCUT2D eigenvalue weighted by Gasteiger charge is -2.25. The molecule has 3 heterocycles. The first-order chi connectivity index (χ1) is 11.8. The van der Waals surface area contributed by atoms with Gasteiger partial charge in [0.1, 0.15) is 0 Å². The quantitative estimate of drug-likeness (QED) is 0.854. The van der Waals surface area contributed by atoms with E-state index in [-0.39, 0.29) is 11.0 Å². The highest BCUT2D eigenvalue weighted by molar-refractivity contribution is 5.11. The SMILES string of the molecule is Cc1nccnc1CN1CCCC1Cn1nc(C(C)(C)C)ccc1=O. The fourth-order valence-corrected chi connectivity index (χ4v) is 3.27. The zero-order chi connectivity index (χ0) is 18.0. The van der Waals surface area contributed by atoms with Crippen LogP contribution in [0.25, 0.3) is 0 Å². The Bertz CT molecular complexity index is 793. The van der Waals surface area contributed by atoms with Crippen molar-refractivity contribution in [3.63, 3.8) is 0 Å². The standard InChI is InChI=1S/C19H27N5O/c1-14-16(21-10-9-20-14)13-23-11-5-6-15(23)12-24-18(25)8-7-17(22-24)19(2,3)4/h7-10,15H,5-6,11-13H2,1-4H3. The lowest BCUT2D eigenvalue weighted by atomic mass is 9.92. The normalized spacial score (nSPS) is 18.6. The van der Waals surface area contributed by atoms with E-state index in [2.05, 4.69) is 40.7 Å². The molecular weight excluding hydrogens is 314 g/mol. The topological polar surface area (TPSA) is 63.9 Å². The third-order valence-electron chi connectivity index (χ3n) is 4.85. The van der Waals surface area contributed by atoms with Gasteiger partial charge >= 0.3 is 0 Å². The van der Waals surface area contributed by atoms with Crippen LogP contribution in [0.4, 0.5) is 0 Å². The maximum Gasteiger partial charge on any atom is 0.266 e. The van der Waals surface area contributed by atoms with Crippen molar-refractivity contribution in [3.05, 3.63) is 52.0 Å². The Labute approximate surface area is 148 Å². The minimum absolute atomic E-state index is 0.0319. The highest BCUT2D eigenvalue weighted by atomic mass is 16.1. The molecular formula is C19H27N5O. The first kappa shape index (κ1) is 17.7. The Balaban J connectivity index is 1.78. The summed E-state index contributed by atoms with van der Waals surface area (Å²) < 4.78 is 1.63. The monoisotopic (exact) mass is 341 g/mol. The second-order valence-corrected chi connectivity index (χ2v) is 7.84. The summed E-state index contributed by atoms with van der Waals surface area (Å²) >= 11 is 0. The van der Waals surface area contributed by atoms with Gasteiger partial charge in [-0.15, -0.1) is 0 Å². The van der Waals surface area contributed by atoms with Crippen molar-refractivity contribution in [1.82, 2.24) is 24.6 Å². The van der Waals surface area contributed by atoms with Gasteiger partial charge in [-0.1, -0.05) is 20.8 Å². The summed E-state index contributed by atoms with van der Waals surface area (Å²) in [5, 5.41) is 4.62. The molecule has 0 radical (unpaired) electrons. The Morgan fingerprint density at radius 2 is 1.96 bits per heavy atom. The number of nitrogens with zero attached hydrogens (tertiary/aromatic N) is 5. The fraction of sp³-hybridized carbons (Fsp3) is 0.579. The molecule has 0 N–H and O–H groups in total. The molecule has 6 heteroatoms. The number of aryl methyl sites for hydroxylation is 1. The third kappa shape index (κ3) is 4.12. The lowest BCUT2D eigenvalue weighted by Crippen LogP contribution is -2.37. The van der Waals surface area contributed by atoms with Gasteiger partial charge in [-0.25, -0.2) is 4.68 Å². The summed E-state index contributed by atoms with van der Waals surface area (Å²) in [5.74, 6) is 0. The highest BCUT2D eigenvalue weighted by Gasteiger charge is 2.27. The van der Waals surface area contributed by atoms with Crippen molar-refractivity contribution < 1.29 is 0 Å². The molecule has 2 aromatic heterocycles. The number of hydrogen-bond donors (Lipinski definition) is 0. The van der Waals surface area contributed by atoms with Gasteiger partial charge in [0.15, 0.2) is 0 Å². The highest BCUT2D eigenvalue weighted by Crippen LogP contribution is 2.22. The van der Waals surface area contributed by atoms with Crippen LogP contribution in [0, 0.1) is 6.92 Å². The van der Waals surface area contributed by atoms with Gasteiger partial charge in [0.05, 0.1) is 23.6 Å². The van der Waals surface area contributed by atoms with E-state index >= 15 is 0 Å². The number of aromatic nitrogens is 4. The maximum atomic E-state index is 12.3. The Kier molecular flexibility index (Phi) is 4.99. The van der Waals surface area contributed by atoms with Gasteiger partial charge in [-0.05, 0) is 32.4 Å².